The van der Waals surface area contributed by atoms with Crippen LogP contribution >= 0.6 is 0 Å². The normalized spacial score (nSPS) is 9.45. The van der Waals surface area contributed by atoms with Crippen LogP contribution in [0.25, 0.3) is 0 Å². The number of carbonyl (C=O) groups excluding carboxylic acids is 3. The zero-order valence-corrected chi connectivity index (χ0v) is 18.7. The molecule has 0 fully saturated rings. The third kappa shape index (κ3) is 17.5. The van der Waals surface area contributed by atoms with Crippen molar-refractivity contribution in [1.82, 2.24) is 0 Å². The molecule has 6 nitrogen and oxygen atoms in total. The first kappa shape index (κ1) is 29.4. The fourth-order valence-electron chi connectivity index (χ4n) is 1.59. The smallest absolute Gasteiger partial charge is 0.550 e. The molecule has 0 aromatic heterocycles. The Balaban J connectivity index is -0.000000427. The first-order valence-electron chi connectivity index (χ1n) is 5.35. The quantitative estimate of drug-likeness (QED) is 0.390. The van der Waals surface area contributed by atoms with Crippen molar-refractivity contribution in [2.24, 2.45) is 5.41 Å². The molecular weight excluding hydrogens is 297 g/mol. The molecule has 0 amide bonds. The van der Waals surface area contributed by atoms with Crippen LogP contribution in [0.4, 0.5) is 0 Å². The van der Waals surface area contributed by atoms with Gasteiger partial charge in [-0.25, -0.2) is 0 Å². The summed E-state index contributed by atoms with van der Waals surface area (Å²) in [5, 5.41) is 31.1. The van der Waals surface area contributed by atoms with Gasteiger partial charge in [0.25, 0.3) is 0 Å². The molecule has 0 bridgehead atoms. The molecule has 98 valence electrons. The van der Waals surface area contributed by atoms with Gasteiger partial charge in [-0.15, -0.1) is 0 Å². The molecule has 0 aliphatic carbocycles. The molecule has 0 rings (SSSR count). The average Bonchev–Trinajstić information content (AvgIpc) is 2.21. The minimum Gasteiger partial charge on any atom is -0.550 e. The number of carbonyl (C=O) groups is 3. The van der Waals surface area contributed by atoms with E-state index in [-0.39, 0.29) is 127 Å². The molecule has 0 aliphatic heterocycles. The molecule has 0 aromatic rings. The summed E-state index contributed by atoms with van der Waals surface area (Å²) in [5.74, 6) is -3.71. The van der Waals surface area contributed by atoms with Gasteiger partial charge in [-0.1, -0.05) is 6.92 Å². The second kappa shape index (κ2) is 15.3. The number of hydrogen-bond acceptors (Lipinski definition) is 6. The Bertz CT molecular complexity index is 263. The van der Waals surface area contributed by atoms with E-state index in [0.29, 0.717) is 0 Å². The van der Waals surface area contributed by atoms with Crippen LogP contribution in [-0.2, 0) is 14.4 Å². The van der Waals surface area contributed by atoms with Crippen LogP contribution in [-0.4, -0.2) is 17.9 Å². The SMILES string of the molecule is CC(CCC(=O)[O-])(CCC(=O)[O-])CCC(=O)[O-].[Na+].[Na+].[Na+]. The Morgan fingerprint density at radius 3 is 1.05 bits per heavy atom. The van der Waals surface area contributed by atoms with Crippen LogP contribution in [0.1, 0.15) is 45.4 Å². The Morgan fingerprint density at radius 1 is 0.700 bits per heavy atom. The molecule has 0 aromatic carbocycles. The fourth-order valence-corrected chi connectivity index (χ4v) is 1.59. The van der Waals surface area contributed by atoms with Gasteiger partial charge in [0.15, 0.2) is 0 Å². The minimum atomic E-state index is -1.24. The minimum absolute atomic E-state index is 0. The molecule has 0 radical (unpaired) electrons. The van der Waals surface area contributed by atoms with Crippen molar-refractivity contribution < 1.29 is 118 Å². The van der Waals surface area contributed by atoms with Gasteiger partial charge in [-0.2, -0.15) is 0 Å². The van der Waals surface area contributed by atoms with E-state index < -0.39 is 23.3 Å². The fraction of sp³-hybridized carbons (Fsp3) is 0.727. The number of rotatable bonds is 9. The van der Waals surface area contributed by atoms with E-state index >= 15 is 0 Å². The zero-order valence-electron chi connectivity index (χ0n) is 12.7. The van der Waals surface area contributed by atoms with Gasteiger partial charge in [0.05, 0.1) is 0 Å². The van der Waals surface area contributed by atoms with Gasteiger partial charge in [-0.3, -0.25) is 0 Å². The van der Waals surface area contributed by atoms with Crippen molar-refractivity contribution in [3.05, 3.63) is 0 Å². The molecule has 0 heterocycles. The van der Waals surface area contributed by atoms with Crippen LogP contribution in [0.3, 0.4) is 0 Å². The summed E-state index contributed by atoms with van der Waals surface area (Å²) in [4.78, 5) is 31.1. The predicted octanol–water partition coefficient (Wildman–Crippen LogP) is -11.4. The van der Waals surface area contributed by atoms with Crippen LogP contribution < -0.4 is 104 Å². The first-order valence-corrected chi connectivity index (χ1v) is 5.35. The van der Waals surface area contributed by atoms with Crippen LogP contribution in [0, 0.1) is 5.41 Å². The Morgan fingerprint density at radius 2 is 0.900 bits per heavy atom. The summed E-state index contributed by atoms with van der Waals surface area (Å²) >= 11 is 0. The molecule has 0 saturated heterocycles. The second-order valence-corrected chi connectivity index (χ2v) is 4.43. The third-order valence-electron chi connectivity index (χ3n) is 2.80. The van der Waals surface area contributed by atoms with Gasteiger partial charge in [-0.05, 0) is 43.9 Å². The maximum absolute atomic E-state index is 10.4. The van der Waals surface area contributed by atoms with Crippen molar-refractivity contribution in [3.8, 4) is 0 Å². The first-order chi connectivity index (χ1) is 7.75. The Kier molecular flexibility index (Phi) is 22.5. The summed E-state index contributed by atoms with van der Waals surface area (Å²) in [5.41, 5.74) is -0.666. The van der Waals surface area contributed by atoms with Crippen molar-refractivity contribution >= 4 is 17.9 Å². The molecule has 0 N–H and O–H groups in total. The van der Waals surface area contributed by atoms with Gasteiger partial charge in [0, 0.05) is 17.9 Å². The second-order valence-electron chi connectivity index (χ2n) is 4.43. The molecular formula is C11H15Na3O6. The molecule has 0 aliphatic rings. The van der Waals surface area contributed by atoms with E-state index in [1.54, 1.807) is 6.92 Å². The Hall–Kier alpha value is 1.41. The van der Waals surface area contributed by atoms with Crippen molar-refractivity contribution in [1.29, 1.82) is 0 Å². The van der Waals surface area contributed by atoms with Crippen LogP contribution in [0.5, 0.6) is 0 Å². The summed E-state index contributed by atoms with van der Waals surface area (Å²) in [7, 11) is 0. The van der Waals surface area contributed by atoms with Crippen LogP contribution in [0.15, 0.2) is 0 Å². The van der Waals surface area contributed by atoms with Gasteiger partial charge < -0.3 is 29.7 Å². The maximum Gasteiger partial charge on any atom is 1.00 e. The zero-order chi connectivity index (χ0) is 13.5. The molecule has 0 spiro atoms. The summed E-state index contributed by atoms with van der Waals surface area (Å²) < 4.78 is 0. The number of carboxylic acid groups (broad SMARTS) is 3. The maximum atomic E-state index is 10.4. The van der Waals surface area contributed by atoms with E-state index in [1.165, 1.54) is 0 Å². The van der Waals surface area contributed by atoms with Crippen LogP contribution in [0.2, 0.25) is 0 Å². The summed E-state index contributed by atoms with van der Waals surface area (Å²) in [6.45, 7) is 1.65. The standard InChI is InChI=1S/C11H18O6.3Na/c1-11(5-2-8(12)13,6-3-9(14)15)7-4-10(16)17;;;/h2-7H2,1H3,(H,12,13)(H,14,15)(H,16,17);;;/q;3*+1/p-3. The molecule has 9 heteroatoms. The van der Waals surface area contributed by atoms with E-state index in [4.69, 9.17) is 0 Å². The van der Waals surface area contributed by atoms with Crippen molar-refractivity contribution in [2.75, 3.05) is 0 Å². The Labute approximate surface area is 184 Å². The van der Waals surface area contributed by atoms with Gasteiger partial charge in [0.2, 0.25) is 0 Å². The monoisotopic (exact) mass is 312 g/mol. The van der Waals surface area contributed by atoms with E-state index in [2.05, 4.69) is 0 Å². The summed E-state index contributed by atoms with van der Waals surface area (Å²) in [6, 6.07) is 0. The molecule has 0 atom stereocenters. The van der Waals surface area contributed by atoms with Gasteiger partial charge in [0.1, 0.15) is 0 Å². The van der Waals surface area contributed by atoms with Crippen molar-refractivity contribution in [2.45, 2.75) is 45.4 Å². The molecule has 0 saturated carbocycles. The number of carboxylic acids is 3. The van der Waals surface area contributed by atoms with Crippen molar-refractivity contribution in [3.63, 3.8) is 0 Å². The summed E-state index contributed by atoms with van der Waals surface area (Å²) in [6.07, 6.45) is -0.147. The number of aliphatic carboxylic acids is 3. The predicted molar refractivity (Wildman–Crippen MR) is 50.8 cm³/mol. The third-order valence-corrected chi connectivity index (χ3v) is 2.80. The van der Waals surface area contributed by atoms with E-state index in [1.807, 2.05) is 0 Å². The molecule has 0 unspecified atom stereocenters. The van der Waals surface area contributed by atoms with Gasteiger partial charge >= 0.3 is 88.7 Å². The molecule has 20 heavy (non-hydrogen) atoms. The largest absolute Gasteiger partial charge is 1.00 e. The van der Waals surface area contributed by atoms with E-state index in [0.717, 1.165) is 0 Å². The topological polar surface area (TPSA) is 120 Å². The van der Waals surface area contributed by atoms with E-state index in [9.17, 15) is 29.7 Å². The average molecular weight is 312 g/mol. The number of hydrogen-bond donors (Lipinski definition) is 0.